The molecule has 3 fully saturated rings. The van der Waals surface area contributed by atoms with Crippen molar-refractivity contribution in [2.75, 3.05) is 13.2 Å². The first-order valence-electron chi connectivity index (χ1n) is 16.7. The van der Waals surface area contributed by atoms with Gasteiger partial charge in [0, 0.05) is 17.7 Å². The van der Waals surface area contributed by atoms with Crippen LogP contribution in [0.4, 0.5) is 0 Å². The van der Waals surface area contributed by atoms with E-state index in [1.165, 1.54) is 0 Å². The molecule has 4 heterocycles. The molecule has 56 heavy (non-hydrogen) atoms. The maximum atomic E-state index is 14.1. The number of fused-ring (bicyclic) bond motifs is 1. The van der Waals surface area contributed by atoms with Crippen LogP contribution in [0.1, 0.15) is 0 Å². The molecular weight excluding hydrogens is 764 g/mol. The van der Waals surface area contributed by atoms with Gasteiger partial charge in [0.1, 0.15) is 89.6 Å². The van der Waals surface area contributed by atoms with Crippen LogP contribution in [0.25, 0.3) is 22.3 Å². The monoisotopic (exact) mass is 802 g/mol. The van der Waals surface area contributed by atoms with Crippen LogP contribution < -0.4 is 14.9 Å². The van der Waals surface area contributed by atoms with Crippen LogP contribution in [0, 0.1) is 0 Å². The normalized spacial score (nSPS) is 36.3. The number of carboxylic acid groups (broad SMARTS) is 1. The largest absolute Gasteiger partial charge is 0.507 e. The minimum absolute atomic E-state index is 0.180. The molecule has 23 heteroatoms. The summed E-state index contributed by atoms with van der Waals surface area (Å²) >= 11 is 0. The molecule has 0 unspecified atom stereocenters. The van der Waals surface area contributed by atoms with Gasteiger partial charge in [0.2, 0.25) is 23.8 Å². The van der Waals surface area contributed by atoms with Gasteiger partial charge in [0.05, 0.1) is 13.2 Å². The van der Waals surface area contributed by atoms with Gasteiger partial charge in [0.25, 0.3) is 0 Å². The maximum Gasteiger partial charge on any atom is 0.335 e. The fraction of sp³-hybridized carbons (Fsp3) is 0.515. The highest BCUT2D eigenvalue weighted by Crippen LogP contribution is 2.40. The second kappa shape index (κ2) is 16.2. The van der Waals surface area contributed by atoms with E-state index in [1.807, 2.05) is 0 Å². The van der Waals surface area contributed by atoms with Crippen molar-refractivity contribution in [3.05, 3.63) is 40.6 Å². The Kier molecular flexibility index (Phi) is 11.9. The van der Waals surface area contributed by atoms with E-state index < -0.39 is 162 Å². The number of phenols is 3. The van der Waals surface area contributed by atoms with Gasteiger partial charge in [0.15, 0.2) is 29.7 Å². The molecule has 3 aliphatic heterocycles. The van der Waals surface area contributed by atoms with Crippen LogP contribution in [0.15, 0.2) is 39.5 Å². The Hall–Kier alpha value is -4.44. The van der Waals surface area contributed by atoms with E-state index in [0.717, 1.165) is 30.3 Å². The zero-order chi connectivity index (χ0) is 40.9. The van der Waals surface area contributed by atoms with Crippen LogP contribution >= 0.6 is 0 Å². The molecule has 0 aliphatic carbocycles. The number of hydrogen-bond acceptors (Lipinski definition) is 22. The lowest BCUT2D eigenvalue weighted by Gasteiger charge is -2.42. The highest BCUT2D eigenvalue weighted by molar-refractivity contribution is 5.88. The van der Waals surface area contributed by atoms with Crippen LogP contribution in [-0.4, -0.2) is 183 Å². The number of aliphatic hydroxyl groups excluding tert-OH is 10. The summed E-state index contributed by atoms with van der Waals surface area (Å²) in [7, 11) is 0. The van der Waals surface area contributed by atoms with Gasteiger partial charge in [-0.05, 0) is 18.2 Å². The van der Waals surface area contributed by atoms with Crippen molar-refractivity contribution in [2.45, 2.75) is 92.1 Å². The first kappa shape index (κ1) is 41.2. The first-order chi connectivity index (χ1) is 26.4. The van der Waals surface area contributed by atoms with Crippen LogP contribution in [-0.2, 0) is 23.7 Å². The van der Waals surface area contributed by atoms with Gasteiger partial charge < -0.3 is 104 Å². The maximum absolute atomic E-state index is 14.1. The highest BCUT2D eigenvalue weighted by Gasteiger charge is 2.50. The minimum atomic E-state index is -2.11. The summed E-state index contributed by atoms with van der Waals surface area (Å²) in [6.07, 6.45) is -28.3. The Morgan fingerprint density at radius 2 is 1.23 bits per heavy atom. The number of aliphatic carboxylic acids is 1. The number of benzene rings is 2. The van der Waals surface area contributed by atoms with E-state index in [2.05, 4.69) is 0 Å². The number of phenolic OH excluding ortho intramolecular Hbond substituents is 3. The topological polar surface area (TPSA) is 386 Å². The van der Waals surface area contributed by atoms with E-state index in [0.29, 0.717) is 0 Å². The lowest BCUT2D eigenvalue weighted by atomic mass is 9.98. The van der Waals surface area contributed by atoms with E-state index in [4.69, 9.17) is 32.8 Å². The molecule has 3 saturated heterocycles. The van der Waals surface area contributed by atoms with Crippen molar-refractivity contribution in [3.63, 3.8) is 0 Å². The summed E-state index contributed by atoms with van der Waals surface area (Å²) in [6, 6.07) is 4.83. The fourth-order valence-electron chi connectivity index (χ4n) is 6.23. The van der Waals surface area contributed by atoms with Crippen LogP contribution in [0.2, 0.25) is 0 Å². The van der Waals surface area contributed by atoms with Gasteiger partial charge in [-0.15, -0.1) is 0 Å². The molecule has 0 amide bonds. The second-order valence-corrected chi connectivity index (χ2v) is 13.1. The zero-order valence-electron chi connectivity index (χ0n) is 28.4. The average molecular weight is 803 g/mol. The van der Waals surface area contributed by atoms with Gasteiger partial charge in [-0.1, -0.05) is 0 Å². The molecule has 3 aromatic rings. The van der Waals surface area contributed by atoms with E-state index >= 15 is 0 Å². The Morgan fingerprint density at radius 1 is 0.643 bits per heavy atom. The Balaban J connectivity index is 1.33. The summed E-state index contributed by atoms with van der Waals surface area (Å²) in [5.74, 6) is -5.77. The number of carboxylic acids is 1. The lowest BCUT2D eigenvalue weighted by Crippen LogP contribution is -2.62. The Morgan fingerprint density at radius 3 is 1.86 bits per heavy atom. The summed E-state index contributed by atoms with van der Waals surface area (Å²) < 4.78 is 38.5. The standard InChI is InChI=1S/C33H38O23/c34-6-14-17(38)20(41)24(45)31(53-14)50-7-15-18(39)21(42)25(46)33(54-15)55-28-19(40)16-12(37)4-9(51-32-26(47)22(43)23(44)29(56-32)30(48)49)5-13(16)52-27(28)8-1-2-10(35)11(36)3-8/h1-5,14-15,17-18,20-26,29,31-39,41-47H,6-7H2,(H,48,49)/t14-,15+,17+,18+,20-,21-,22-,23-,24-,25+,26-,29-,31-,32+,33-/m0/s1. The third-order valence-corrected chi connectivity index (χ3v) is 9.38. The Labute approximate surface area is 312 Å². The van der Waals surface area contributed by atoms with Crippen molar-refractivity contribution in [1.29, 1.82) is 0 Å². The smallest absolute Gasteiger partial charge is 0.335 e. The van der Waals surface area contributed by atoms with Crippen molar-refractivity contribution in [3.8, 4) is 40.1 Å². The van der Waals surface area contributed by atoms with Crippen molar-refractivity contribution in [2.24, 2.45) is 0 Å². The number of carbonyl (C=O) groups is 1. The molecule has 1 aromatic heterocycles. The molecule has 15 atom stereocenters. The van der Waals surface area contributed by atoms with Crippen molar-refractivity contribution in [1.82, 2.24) is 0 Å². The predicted molar refractivity (Wildman–Crippen MR) is 175 cm³/mol. The number of ether oxygens (including phenoxy) is 6. The van der Waals surface area contributed by atoms with E-state index in [1.54, 1.807) is 0 Å². The van der Waals surface area contributed by atoms with Crippen molar-refractivity contribution >= 4 is 16.9 Å². The summed E-state index contributed by atoms with van der Waals surface area (Å²) in [5, 5.41) is 142. The fourth-order valence-corrected chi connectivity index (χ4v) is 6.23. The molecule has 3 aliphatic rings. The lowest BCUT2D eigenvalue weighted by molar-refractivity contribution is -0.323. The molecule has 0 bridgehead atoms. The molecule has 23 nitrogen and oxygen atoms in total. The average Bonchev–Trinajstić information content (AvgIpc) is 3.16. The van der Waals surface area contributed by atoms with Gasteiger partial charge in [-0.3, -0.25) is 4.79 Å². The zero-order valence-corrected chi connectivity index (χ0v) is 28.4. The van der Waals surface area contributed by atoms with E-state index in [9.17, 15) is 81.1 Å². The third kappa shape index (κ3) is 7.65. The van der Waals surface area contributed by atoms with Gasteiger partial charge in [-0.25, -0.2) is 4.79 Å². The number of aliphatic hydroxyl groups is 10. The highest BCUT2D eigenvalue weighted by atomic mass is 16.7. The minimum Gasteiger partial charge on any atom is -0.507 e. The van der Waals surface area contributed by atoms with Crippen molar-refractivity contribution < 1.29 is 109 Å². The number of aromatic hydroxyl groups is 3. The number of hydrogen-bond donors (Lipinski definition) is 14. The van der Waals surface area contributed by atoms with Crippen LogP contribution in [0.3, 0.4) is 0 Å². The molecule has 2 aromatic carbocycles. The molecule has 6 rings (SSSR count). The molecule has 308 valence electrons. The summed E-state index contributed by atoms with van der Waals surface area (Å²) in [6.45, 7) is -1.54. The Bertz CT molecular complexity index is 1950. The van der Waals surface area contributed by atoms with Gasteiger partial charge in [-0.2, -0.15) is 0 Å². The summed E-state index contributed by atoms with van der Waals surface area (Å²) in [4.78, 5) is 25.6. The number of rotatable bonds is 10. The molecular formula is C33H38O23. The molecule has 0 spiro atoms. The molecule has 0 saturated carbocycles. The first-order valence-corrected chi connectivity index (χ1v) is 16.7. The third-order valence-electron chi connectivity index (χ3n) is 9.38. The quantitative estimate of drug-likeness (QED) is 0.0852. The molecule has 0 radical (unpaired) electrons. The summed E-state index contributed by atoms with van der Waals surface area (Å²) in [5.41, 5.74) is -1.87. The molecule has 14 N–H and O–H groups in total. The van der Waals surface area contributed by atoms with Crippen LogP contribution in [0.5, 0.6) is 28.7 Å². The SMILES string of the molecule is O=C(O)[C@H]1O[C@@H](Oc2cc(O)c3c(=O)c(O[C@@H]4O[C@H](CO[C@H]5O[C@@H](CO)[C@@H](O)[C@H](O)[C@@H]5O)[C@@H](O)[C@H](O)[C@H]4O)c(-c4ccc(O)c(O)c4)oc3c2)[C@@H](O)[C@@H](O)[C@@H]1O. The van der Waals surface area contributed by atoms with Gasteiger partial charge >= 0.3 is 5.97 Å². The second-order valence-electron chi connectivity index (χ2n) is 13.1. The predicted octanol–water partition coefficient (Wildman–Crippen LogP) is -5.15. The van der Waals surface area contributed by atoms with E-state index in [-0.39, 0.29) is 5.56 Å².